The monoisotopic (exact) mass is 313 g/mol. The SMILES string of the molecule is CC(/C=C(\C)CC(C)(C)C)=Nc1c(C(C)C)cccc1C(C)C. The van der Waals surface area contributed by atoms with Crippen molar-refractivity contribution in [2.45, 2.75) is 80.6 Å². The second-order valence-corrected chi connectivity index (χ2v) is 8.58. The molecule has 0 N–H and O–H groups in total. The third-order valence-electron chi connectivity index (χ3n) is 3.90. The largest absolute Gasteiger partial charge is 0.253 e. The van der Waals surface area contributed by atoms with E-state index in [4.69, 9.17) is 4.99 Å². The van der Waals surface area contributed by atoms with E-state index in [-0.39, 0.29) is 0 Å². The quantitative estimate of drug-likeness (QED) is 0.502. The summed E-state index contributed by atoms with van der Waals surface area (Å²) in [5.74, 6) is 0.972. The van der Waals surface area contributed by atoms with E-state index in [1.54, 1.807) is 0 Å². The van der Waals surface area contributed by atoms with Gasteiger partial charge in [0.15, 0.2) is 0 Å². The van der Waals surface area contributed by atoms with E-state index in [9.17, 15) is 0 Å². The van der Waals surface area contributed by atoms with Crippen molar-refractivity contribution in [3.63, 3.8) is 0 Å². The molecule has 0 fully saturated rings. The molecule has 0 aliphatic carbocycles. The van der Waals surface area contributed by atoms with Gasteiger partial charge in [-0.25, -0.2) is 0 Å². The topological polar surface area (TPSA) is 12.4 Å². The molecule has 0 spiro atoms. The molecule has 0 aliphatic rings. The summed E-state index contributed by atoms with van der Waals surface area (Å²) in [4.78, 5) is 5.01. The minimum atomic E-state index is 0.319. The molecule has 0 saturated heterocycles. The first-order valence-corrected chi connectivity index (χ1v) is 8.86. The van der Waals surface area contributed by atoms with Gasteiger partial charge in [-0.1, -0.05) is 72.2 Å². The average Bonchev–Trinajstić information content (AvgIpc) is 2.35. The van der Waals surface area contributed by atoms with Gasteiger partial charge in [0.2, 0.25) is 0 Å². The van der Waals surface area contributed by atoms with Crippen LogP contribution in [0, 0.1) is 5.41 Å². The van der Waals surface area contributed by atoms with Gasteiger partial charge in [-0.15, -0.1) is 0 Å². The summed E-state index contributed by atoms with van der Waals surface area (Å²) < 4.78 is 0. The maximum absolute atomic E-state index is 5.01. The lowest BCUT2D eigenvalue weighted by Gasteiger charge is -2.19. The van der Waals surface area contributed by atoms with Crippen molar-refractivity contribution in [3.05, 3.63) is 41.0 Å². The van der Waals surface area contributed by atoms with E-state index in [1.165, 1.54) is 22.4 Å². The van der Waals surface area contributed by atoms with Gasteiger partial charge in [-0.2, -0.15) is 0 Å². The highest BCUT2D eigenvalue weighted by atomic mass is 14.8. The number of hydrogen-bond acceptors (Lipinski definition) is 1. The number of nitrogens with zero attached hydrogens (tertiary/aromatic N) is 1. The summed E-state index contributed by atoms with van der Waals surface area (Å²) in [5, 5.41) is 0. The Balaban J connectivity index is 3.27. The smallest absolute Gasteiger partial charge is 0.0701 e. The van der Waals surface area contributed by atoms with Crippen LogP contribution in [0.2, 0.25) is 0 Å². The molecular formula is C22H35N. The van der Waals surface area contributed by atoms with Gasteiger partial charge in [0, 0.05) is 5.71 Å². The highest BCUT2D eigenvalue weighted by molar-refractivity contribution is 5.95. The molecule has 0 saturated carbocycles. The molecule has 1 aromatic rings. The first kappa shape index (κ1) is 19.7. The lowest BCUT2D eigenvalue weighted by molar-refractivity contribution is 0.410. The van der Waals surface area contributed by atoms with Crippen LogP contribution in [0.4, 0.5) is 5.69 Å². The van der Waals surface area contributed by atoms with Crippen LogP contribution < -0.4 is 0 Å². The first-order valence-electron chi connectivity index (χ1n) is 8.86. The molecular weight excluding hydrogens is 278 g/mol. The van der Waals surface area contributed by atoms with Crippen LogP contribution in [0.25, 0.3) is 0 Å². The first-order chi connectivity index (χ1) is 10.5. The zero-order valence-corrected chi connectivity index (χ0v) is 16.6. The van der Waals surface area contributed by atoms with Crippen molar-refractivity contribution in [2.24, 2.45) is 10.4 Å². The van der Waals surface area contributed by atoms with Gasteiger partial charge in [0.25, 0.3) is 0 Å². The van der Waals surface area contributed by atoms with Crippen molar-refractivity contribution >= 4 is 11.4 Å². The van der Waals surface area contributed by atoms with Gasteiger partial charge in [-0.05, 0) is 54.7 Å². The molecule has 23 heavy (non-hydrogen) atoms. The summed E-state index contributed by atoms with van der Waals surface area (Å²) in [7, 11) is 0. The number of allylic oxidation sites excluding steroid dienone is 2. The average molecular weight is 314 g/mol. The Hall–Kier alpha value is -1.37. The highest BCUT2D eigenvalue weighted by Crippen LogP contribution is 2.35. The summed E-state index contributed by atoms with van der Waals surface area (Å²) in [6, 6.07) is 6.60. The van der Waals surface area contributed by atoms with E-state index in [1.807, 2.05) is 0 Å². The van der Waals surface area contributed by atoms with Crippen molar-refractivity contribution < 1.29 is 0 Å². The van der Waals surface area contributed by atoms with Crippen LogP contribution >= 0.6 is 0 Å². The summed E-state index contributed by atoms with van der Waals surface area (Å²) >= 11 is 0. The second-order valence-electron chi connectivity index (χ2n) is 8.58. The predicted octanol–water partition coefficient (Wildman–Crippen LogP) is 7.41. The van der Waals surface area contributed by atoms with Crippen LogP contribution in [0.5, 0.6) is 0 Å². The molecule has 128 valence electrons. The van der Waals surface area contributed by atoms with E-state index in [0.717, 1.165) is 12.1 Å². The number of para-hydroxylation sites is 1. The van der Waals surface area contributed by atoms with Gasteiger partial charge in [0.05, 0.1) is 5.69 Å². The zero-order chi connectivity index (χ0) is 17.8. The van der Waals surface area contributed by atoms with Crippen molar-refractivity contribution in [1.29, 1.82) is 0 Å². The maximum Gasteiger partial charge on any atom is 0.0701 e. The zero-order valence-electron chi connectivity index (χ0n) is 16.6. The predicted molar refractivity (Wildman–Crippen MR) is 105 cm³/mol. The Labute approximate surface area is 143 Å². The van der Waals surface area contributed by atoms with Crippen molar-refractivity contribution in [1.82, 2.24) is 0 Å². The molecule has 0 radical (unpaired) electrons. The van der Waals surface area contributed by atoms with Crippen LogP contribution in [0.1, 0.15) is 91.7 Å². The fourth-order valence-corrected chi connectivity index (χ4v) is 3.09. The van der Waals surface area contributed by atoms with Crippen molar-refractivity contribution in [3.8, 4) is 0 Å². The number of hydrogen-bond donors (Lipinski definition) is 0. The van der Waals surface area contributed by atoms with Gasteiger partial charge < -0.3 is 0 Å². The van der Waals surface area contributed by atoms with Crippen LogP contribution in [0.3, 0.4) is 0 Å². The van der Waals surface area contributed by atoms with Crippen LogP contribution in [-0.4, -0.2) is 5.71 Å². The number of aliphatic imine (C=N–C) groups is 1. The molecule has 1 heteroatoms. The Kier molecular flexibility index (Phi) is 6.80. The lowest BCUT2D eigenvalue weighted by atomic mass is 9.88. The molecule has 0 amide bonds. The van der Waals surface area contributed by atoms with Gasteiger partial charge in [-0.3, -0.25) is 4.99 Å². The Morgan fingerprint density at radius 2 is 1.48 bits per heavy atom. The normalized spacial score (nSPS) is 14.0. The van der Waals surface area contributed by atoms with E-state index >= 15 is 0 Å². The van der Waals surface area contributed by atoms with Gasteiger partial charge in [0.1, 0.15) is 0 Å². The van der Waals surface area contributed by atoms with Gasteiger partial charge >= 0.3 is 0 Å². The fourth-order valence-electron chi connectivity index (χ4n) is 3.09. The molecule has 0 atom stereocenters. The summed E-state index contributed by atoms with van der Waals surface area (Å²) in [6.07, 6.45) is 3.34. The molecule has 1 rings (SSSR count). The Morgan fingerprint density at radius 1 is 1.00 bits per heavy atom. The molecule has 0 bridgehead atoms. The molecule has 0 aromatic heterocycles. The molecule has 0 aliphatic heterocycles. The fraction of sp³-hybridized carbons (Fsp3) is 0.591. The third kappa shape index (κ3) is 6.33. The van der Waals surface area contributed by atoms with Crippen LogP contribution in [0.15, 0.2) is 34.8 Å². The second kappa shape index (κ2) is 7.95. The minimum Gasteiger partial charge on any atom is -0.253 e. The molecule has 0 heterocycles. The number of benzene rings is 1. The third-order valence-corrected chi connectivity index (χ3v) is 3.90. The van der Waals surface area contributed by atoms with Crippen LogP contribution in [-0.2, 0) is 0 Å². The molecule has 1 aromatic carbocycles. The van der Waals surface area contributed by atoms with E-state index in [2.05, 4.69) is 86.6 Å². The molecule has 1 nitrogen and oxygen atoms in total. The lowest BCUT2D eigenvalue weighted by Crippen LogP contribution is -2.05. The standard InChI is InChI=1S/C22H35N/c1-15(2)19-11-10-12-20(16(3)4)21(19)23-18(6)13-17(5)14-22(7,8)9/h10-13,15-16H,14H2,1-9H3/b17-13+,23-18?. The summed E-state index contributed by atoms with van der Waals surface area (Å²) in [6.45, 7) is 20.1. The minimum absolute atomic E-state index is 0.319. The number of rotatable bonds is 5. The van der Waals surface area contributed by atoms with E-state index in [0.29, 0.717) is 17.3 Å². The maximum atomic E-state index is 5.01. The van der Waals surface area contributed by atoms with Crippen molar-refractivity contribution in [2.75, 3.05) is 0 Å². The Morgan fingerprint density at radius 3 is 1.87 bits per heavy atom. The molecule has 0 unspecified atom stereocenters. The Bertz CT molecular complexity index is 554. The summed E-state index contributed by atoms with van der Waals surface area (Å²) in [5.41, 5.74) is 6.68. The highest BCUT2D eigenvalue weighted by Gasteiger charge is 2.14. The van der Waals surface area contributed by atoms with E-state index < -0.39 is 0 Å².